The van der Waals surface area contributed by atoms with Gasteiger partial charge in [-0.3, -0.25) is 0 Å². The third-order valence-corrected chi connectivity index (χ3v) is 2.08. The number of thiol groups is 1. The van der Waals surface area contributed by atoms with Crippen molar-refractivity contribution in [3.05, 3.63) is 29.8 Å². The molecule has 0 saturated heterocycles. The Morgan fingerprint density at radius 3 is 2.33 bits per heavy atom. The molecule has 0 N–H and O–H groups in total. The summed E-state index contributed by atoms with van der Waals surface area (Å²) in [4.78, 5) is 2.03. The zero-order valence-corrected chi connectivity index (χ0v) is 8.82. The van der Waals surface area contributed by atoms with Gasteiger partial charge in [0.1, 0.15) is 0 Å². The standard InChI is InChI=1S/C9H11NS2/c1-10(2)8-6-4-3-5-7(8)9(11)12/h3-6H,1-2H3,(H,11,12). The second-order valence-corrected chi connectivity index (χ2v) is 3.87. The van der Waals surface area contributed by atoms with E-state index in [0.717, 1.165) is 11.3 Å². The molecular formula is C9H11NS2. The van der Waals surface area contributed by atoms with E-state index in [2.05, 4.69) is 12.6 Å². The summed E-state index contributed by atoms with van der Waals surface area (Å²) in [6, 6.07) is 7.96. The van der Waals surface area contributed by atoms with Gasteiger partial charge in [-0.2, -0.15) is 0 Å². The van der Waals surface area contributed by atoms with Crippen LogP contribution in [0.2, 0.25) is 0 Å². The molecule has 0 aliphatic carbocycles. The first-order valence-corrected chi connectivity index (χ1v) is 4.48. The molecule has 0 aromatic heterocycles. The lowest BCUT2D eigenvalue weighted by Crippen LogP contribution is -2.11. The number of thiocarbonyl (C=S) groups is 1. The van der Waals surface area contributed by atoms with Gasteiger partial charge in [-0.1, -0.05) is 30.4 Å². The lowest BCUT2D eigenvalue weighted by molar-refractivity contribution is 1.13. The molecule has 12 heavy (non-hydrogen) atoms. The molecule has 1 aromatic carbocycles. The van der Waals surface area contributed by atoms with Crippen molar-refractivity contribution < 1.29 is 0 Å². The van der Waals surface area contributed by atoms with Crippen LogP contribution < -0.4 is 4.90 Å². The highest BCUT2D eigenvalue weighted by atomic mass is 32.1. The number of hydrogen-bond acceptors (Lipinski definition) is 2. The van der Waals surface area contributed by atoms with Crippen LogP contribution in [0.25, 0.3) is 0 Å². The first-order chi connectivity index (χ1) is 5.63. The van der Waals surface area contributed by atoms with Crippen molar-refractivity contribution in [1.29, 1.82) is 0 Å². The van der Waals surface area contributed by atoms with Gasteiger partial charge < -0.3 is 4.90 Å². The van der Waals surface area contributed by atoms with E-state index >= 15 is 0 Å². The van der Waals surface area contributed by atoms with Crippen LogP contribution in [0.15, 0.2) is 24.3 Å². The van der Waals surface area contributed by atoms with Crippen molar-refractivity contribution >= 4 is 34.7 Å². The molecule has 64 valence electrons. The average Bonchev–Trinajstić information content (AvgIpc) is 2.04. The Bertz CT molecular complexity index is 294. The van der Waals surface area contributed by atoms with Crippen LogP contribution in [0.4, 0.5) is 5.69 Å². The predicted molar refractivity (Wildman–Crippen MR) is 61.5 cm³/mol. The topological polar surface area (TPSA) is 3.24 Å². The van der Waals surface area contributed by atoms with Gasteiger partial charge in [-0.15, -0.1) is 12.6 Å². The molecule has 1 nitrogen and oxygen atoms in total. The van der Waals surface area contributed by atoms with Crippen LogP contribution in [0.3, 0.4) is 0 Å². The predicted octanol–water partition coefficient (Wildman–Crippen LogP) is 2.36. The summed E-state index contributed by atoms with van der Waals surface area (Å²) in [5.74, 6) is 0. The lowest BCUT2D eigenvalue weighted by atomic mass is 10.2. The molecule has 0 aliphatic heterocycles. The monoisotopic (exact) mass is 197 g/mol. The number of rotatable bonds is 2. The van der Waals surface area contributed by atoms with Gasteiger partial charge in [0.05, 0.1) is 4.20 Å². The van der Waals surface area contributed by atoms with E-state index in [-0.39, 0.29) is 0 Å². The molecule has 0 aliphatic rings. The second kappa shape index (κ2) is 3.92. The van der Waals surface area contributed by atoms with Crippen LogP contribution in [0.1, 0.15) is 5.56 Å². The van der Waals surface area contributed by atoms with Crippen molar-refractivity contribution in [3.8, 4) is 0 Å². The molecule has 1 rings (SSSR count). The van der Waals surface area contributed by atoms with Crippen LogP contribution >= 0.6 is 24.8 Å². The number of nitrogens with zero attached hydrogens (tertiary/aromatic N) is 1. The Balaban J connectivity index is 3.17. The maximum absolute atomic E-state index is 5.01. The van der Waals surface area contributed by atoms with Crippen molar-refractivity contribution in [2.45, 2.75) is 0 Å². The molecule has 0 atom stereocenters. The van der Waals surface area contributed by atoms with Gasteiger partial charge in [0.2, 0.25) is 0 Å². The summed E-state index contributed by atoms with van der Waals surface area (Å²) in [7, 11) is 3.98. The molecule has 0 unspecified atom stereocenters. The van der Waals surface area contributed by atoms with Crippen LogP contribution in [-0.4, -0.2) is 18.3 Å². The van der Waals surface area contributed by atoms with Crippen LogP contribution in [-0.2, 0) is 0 Å². The fourth-order valence-electron chi connectivity index (χ4n) is 1.04. The molecule has 0 spiro atoms. The Morgan fingerprint density at radius 1 is 1.33 bits per heavy atom. The molecule has 0 radical (unpaired) electrons. The Hall–Kier alpha value is -0.540. The van der Waals surface area contributed by atoms with E-state index in [0.29, 0.717) is 4.20 Å². The van der Waals surface area contributed by atoms with E-state index in [4.69, 9.17) is 12.2 Å². The third kappa shape index (κ3) is 1.99. The fraction of sp³-hybridized carbons (Fsp3) is 0.222. The smallest absolute Gasteiger partial charge is 0.0768 e. The highest BCUT2D eigenvalue weighted by Gasteiger charge is 2.04. The van der Waals surface area contributed by atoms with E-state index in [9.17, 15) is 0 Å². The molecular weight excluding hydrogens is 186 g/mol. The molecule has 0 saturated carbocycles. The van der Waals surface area contributed by atoms with Gasteiger partial charge in [0.25, 0.3) is 0 Å². The van der Waals surface area contributed by atoms with Gasteiger partial charge >= 0.3 is 0 Å². The summed E-state index contributed by atoms with van der Waals surface area (Å²) in [6.45, 7) is 0. The zero-order chi connectivity index (χ0) is 9.14. The van der Waals surface area contributed by atoms with Crippen molar-refractivity contribution in [1.82, 2.24) is 0 Å². The highest BCUT2D eigenvalue weighted by molar-refractivity contribution is 8.11. The van der Waals surface area contributed by atoms with Gasteiger partial charge in [0.15, 0.2) is 0 Å². The van der Waals surface area contributed by atoms with Crippen LogP contribution in [0, 0.1) is 0 Å². The largest absolute Gasteiger partial charge is 0.377 e. The van der Waals surface area contributed by atoms with E-state index in [1.807, 2.05) is 43.3 Å². The zero-order valence-electron chi connectivity index (χ0n) is 7.11. The SMILES string of the molecule is CN(C)c1ccccc1C(=S)S. The maximum atomic E-state index is 5.01. The quantitative estimate of drug-likeness (QED) is 0.573. The number of anilines is 1. The van der Waals surface area contributed by atoms with Gasteiger partial charge in [0, 0.05) is 25.3 Å². The highest BCUT2D eigenvalue weighted by Crippen LogP contribution is 2.19. The normalized spacial score (nSPS) is 9.58. The summed E-state index contributed by atoms with van der Waals surface area (Å²) in [5.41, 5.74) is 2.12. The van der Waals surface area contributed by atoms with Gasteiger partial charge in [-0.05, 0) is 6.07 Å². The minimum atomic E-state index is 0.638. The third-order valence-electron chi connectivity index (χ3n) is 1.62. The molecule has 1 aromatic rings. The summed E-state index contributed by atoms with van der Waals surface area (Å²) in [6.07, 6.45) is 0. The molecule has 3 heteroatoms. The lowest BCUT2D eigenvalue weighted by Gasteiger charge is -2.15. The van der Waals surface area contributed by atoms with E-state index in [1.165, 1.54) is 0 Å². The molecule has 0 heterocycles. The number of benzene rings is 1. The second-order valence-electron chi connectivity index (χ2n) is 2.72. The van der Waals surface area contributed by atoms with Crippen LogP contribution in [0.5, 0.6) is 0 Å². The van der Waals surface area contributed by atoms with E-state index < -0.39 is 0 Å². The van der Waals surface area contributed by atoms with Crippen molar-refractivity contribution in [2.75, 3.05) is 19.0 Å². The minimum absolute atomic E-state index is 0.638. The molecule has 0 amide bonds. The minimum Gasteiger partial charge on any atom is -0.377 e. The Morgan fingerprint density at radius 2 is 1.92 bits per heavy atom. The number of para-hydroxylation sites is 1. The average molecular weight is 197 g/mol. The summed E-state index contributed by atoms with van der Waals surface area (Å²) in [5, 5.41) is 0. The molecule has 0 bridgehead atoms. The Labute approximate surface area is 83.8 Å². The first kappa shape index (κ1) is 9.55. The van der Waals surface area contributed by atoms with Crippen molar-refractivity contribution in [3.63, 3.8) is 0 Å². The fourth-order valence-corrected chi connectivity index (χ4v) is 1.41. The summed E-state index contributed by atoms with van der Waals surface area (Å²) >= 11 is 9.16. The Kier molecular flexibility index (Phi) is 3.12. The first-order valence-electron chi connectivity index (χ1n) is 3.62. The summed E-state index contributed by atoms with van der Waals surface area (Å²) < 4.78 is 0.638. The number of hydrogen-bond donors (Lipinski definition) is 1. The maximum Gasteiger partial charge on any atom is 0.0768 e. The van der Waals surface area contributed by atoms with Gasteiger partial charge in [-0.25, -0.2) is 0 Å². The molecule has 0 fully saturated rings. The van der Waals surface area contributed by atoms with E-state index in [1.54, 1.807) is 0 Å². The van der Waals surface area contributed by atoms with Crippen molar-refractivity contribution in [2.24, 2.45) is 0 Å².